The molecule has 3 aromatic carbocycles. The van der Waals surface area contributed by atoms with Gasteiger partial charge < -0.3 is 10.2 Å². The maximum atomic E-state index is 5.13. The first-order chi connectivity index (χ1) is 16.8. The molecule has 0 bridgehead atoms. The number of aliphatic imine (C=N–C) groups is 1. The van der Waals surface area contributed by atoms with Gasteiger partial charge in [0.15, 0.2) is 10.3 Å². The quantitative estimate of drug-likeness (QED) is 0.327. The second-order valence-electron chi connectivity index (χ2n) is 9.37. The van der Waals surface area contributed by atoms with Crippen LogP contribution in [0.3, 0.4) is 0 Å². The van der Waals surface area contributed by atoms with E-state index < -0.39 is 0 Å². The van der Waals surface area contributed by atoms with E-state index in [2.05, 4.69) is 81.9 Å². The number of fused-ring (bicyclic) bond motifs is 4. The Morgan fingerprint density at radius 3 is 2.65 bits per heavy atom. The molecule has 7 rings (SSSR count). The number of benzene rings is 3. The lowest BCUT2D eigenvalue weighted by Gasteiger charge is -2.26. The summed E-state index contributed by atoms with van der Waals surface area (Å²) in [5, 5.41) is 6.30. The van der Waals surface area contributed by atoms with E-state index in [9.17, 15) is 0 Å². The first kappa shape index (κ1) is 20.5. The van der Waals surface area contributed by atoms with Gasteiger partial charge in [-0.15, -0.1) is 0 Å². The van der Waals surface area contributed by atoms with E-state index in [1.807, 2.05) is 17.8 Å². The molecule has 3 aliphatic rings. The maximum Gasteiger partial charge on any atom is 0.183 e. The van der Waals surface area contributed by atoms with Crippen molar-refractivity contribution in [2.45, 2.75) is 43.0 Å². The van der Waals surface area contributed by atoms with Crippen molar-refractivity contribution >= 4 is 49.3 Å². The van der Waals surface area contributed by atoms with Gasteiger partial charge in [0.25, 0.3) is 0 Å². The fraction of sp³-hybridized carbons (Fsp3) is 0.286. The predicted octanol–water partition coefficient (Wildman–Crippen LogP) is 6.82. The molecular weight excluding hydrogens is 456 g/mol. The summed E-state index contributed by atoms with van der Waals surface area (Å²) < 4.78 is 1.23. The van der Waals surface area contributed by atoms with Gasteiger partial charge in [0.1, 0.15) is 0 Å². The van der Waals surface area contributed by atoms with Gasteiger partial charge in [0.05, 0.1) is 21.9 Å². The molecule has 0 amide bonds. The van der Waals surface area contributed by atoms with Crippen molar-refractivity contribution in [1.82, 2.24) is 9.88 Å². The molecule has 1 saturated heterocycles. The lowest BCUT2D eigenvalue weighted by atomic mass is 10.1. The van der Waals surface area contributed by atoms with Crippen LogP contribution < -0.4 is 5.32 Å². The first-order valence-corrected chi connectivity index (χ1v) is 13.8. The summed E-state index contributed by atoms with van der Waals surface area (Å²) in [6.07, 6.45) is 4.72. The van der Waals surface area contributed by atoms with Crippen molar-refractivity contribution in [2.24, 2.45) is 4.99 Å². The van der Waals surface area contributed by atoms with E-state index in [0.29, 0.717) is 17.3 Å². The van der Waals surface area contributed by atoms with Crippen LogP contribution in [0, 0.1) is 0 Å². The third-order valence-electron chi connectivity index (χ3n) is 7.01. The molecular formula is C28H26N4S2. The largest absolute Gasteiger partial charge is 0.361 e. The van der Waals surface area contributed by atoms with Crippen molar-refractivity contribution in [2.75, 3.05) is 11.9 Å². The molecule has 6 heteroatoms. The summed E-state index contributed by atoms with van der Waals surface area (Å²) in [5.41, 5.74) is 6.49. The number of thiazole rings is 1. The highest BCUT2D eigenvalue weighted by Crippen LogP contribution is 2.53. The van der Waals surface area contributed by atoms with Crippen molar-refractivity contribution in [3.05, 3.63) is 89.5 Å². The van der Waals surface area contributed by atoms with E-state index in [1.165, 1.54) is 39.4 Å². The van der Waals surface area contributed by atoms with E-state index in [0.717, 1.165) is 35.7 Å². The Morgan fingerprint density at radius 2 is 1.79 bits per heavy atom. The normalized spacial score (nSPS) is 22.4. The van der Waals surface area contributed by atoms with Gasteiger partial charge in [-0.3, -0.25) is 0 Å². The average Bonchev–Trinajstić information content (AvgIpc) is 3.37. The molecule has 2 heterocycles. The Labute approximate surface area is 208 Å². The van der Waals surface area contributed by atoms with Crippen molar-refractivity contribution < 1.29 is 0 Å². The van der Waals surface area contributed by atoms with E-state index in [1.54, 1.807) is 11.3 Å². The molecule has 0 spiro atoms. The van der Waals surface area contributed by atoms with Crippen molar-refractivity contribution in [1.29, 1.82) is 0 Å². The van der Waals surface area contributed by atoms with Gasteiger partial charge in [-0.05, 0) is 66.6 Å². The highest BCUT2D eigenvalue weighted by atomic mass is 32.2. The zero-order valence-corrected chi connectivity index (χ0v) is 20.5. The summed E-state index contributed by atoms with van der Waals surface area (Å²) in [6, 6.07) is 27.2. The highest BCUT2D eigenvalue weighted by molar-refractivity contribution is 8.14. The van der Waals surface area contributed by atoms with Gasteiger partial charge in [0.2, 0.25) is 0 Å². The van der Waals surface area contributed by atoms with Crippen LogP contribution in [0.4, 0.5) is 10.8 Å². The van der Waals surface area contributed by atoms with Gasteiger partial charge >= 0.3 is 0 Å². The molecule has 2 fully saturated rings. The zero-order valence-electron chi connectivity index (χ0n) is 18.9. The van der Waals surface area contributed by atoms with Crippen LogP contribution in [0.5, 0.6) is 0 Å². The highest BCUT2D eigenvalue weighted by Gasteiger charge is 2.50. The maximum absolute atomic E-state index is 5.13. The monoisotopic (exact) mass is 482 g/mol. The number of hydrogen-bond acceptors (Lipinski definition) is 5. The van der Waals surface area contributed by atoms with E-state index in [4.69, 9.17) is 4.99 Å². The number of hydrogen-bond donors (Lipinski definition) is 1. The number of aromatic nitrogens is 1. The van der Waals surface area contributed by atoms with Crippen LogP contribution in [0.15, 0.2) is 77.8 Å². The van der Waals surface area contributed by atoms with Crippen LogP contribution in [0.1, 0.15) is 35.6 Å². The summed E-state index contributed by atoms with van der Waals surface area (Å²) in [7, 11) is 0. The zero-order chi connectivity index (χ0) is 22.5. The lowest BCUT2D eigenvalue weighted by Crippen LogP contribution is -2.30. The second-order valence-corrected chi connectivity index (χ2v) is 11.6. The molecule has 2 atom stereocenters. The minimum absolute atomic E-state index is 0.500. The number of anilines is 1. The van der Waals surface area contributed by atoms with Crippen LogP contribution in [0.25, 0.3) is 10.2 Å². The number of para-hydroxylation sites is 1. The van der Waals surface area contributed by atoms with E-state index in [-0.39, 0.29) is 0 Å². The molecule has 4 nitrogen and oxygen atoms in total. The second kappa shape index (κ2) is 8.43. The standard InChI is InChI=1S/C28H26N4S2/c1-2-6-22-19(5-1)17-25-26(22)32(21-13-14-21)28(34-25)30-20-11-9-18(10-12-20)15-16-29-27-31-23-7-3-4-8-24(23)33-27/h1-12,21,25-26H,13-17H2,(H,29,31)/t25?,26-/m0/s1. The third kappa shape index (κ3) is 3.79. The van der Waals surface area contributed by atoms with Gasteiger partial charge in [-0.2, -0.15) is 0 Å². The Balaban J connectivity index is 1.03. The molecule has 1 unspecified atom stereocenters. The van der Waals surface area contributed by atoms with Crippen molar-refractivity contribution in [3.63, 3.8) is 0 Å². The minimum atomic E-state index is 0.500. The molecule has 1 aliphatic heterocycles. The molecule has 1 aromatic heterocycles. The Morgan fingerprint density at radius 1 is 0.971 bits per heavy atom. The van der Waals surface area contributed by atoms with Crippen LogP contribution in [0.2, 0.25) is 0 Å². The van der Waals surface area contributed by atoms with E-state index >= 15 is 0 Å². The number of nitrogens with one attached hydrogen (secondary N) is 1. The fourth-order valence-electron chi connectivity index (χ4n) is 5.22. The average molecular weight is 483 g/mol. The molecule has 2 aliphatic carbocycles. The molecule has 1 saturated carbocycles. The number of thioether (sulfide) groups is 1. The summed E-state index contributed by atoms with van der Waals surface area (Å²) >= 11 is 3.70. The lowest BCUT2D eigenvalue weighted by molar-refractivity contribution is 0.330. The van der Waals surface area contributed by atoms with Gasteiger partial charge in [-0.25, -0.2) is 9.98 Å². The number of amidine groups is 1. The molecule has 4 aromatic rings. The van der Waals surface area contributed by atoms with Crippen LogP contribution >= 0.6 is 23.1 Å². The van der Waals surface area contributed by atoms with Crippen LogP contribution in [-0.4, -0.2) is 32.9 Å². The number of nitrogens with zero attached hydrogens (tertiary/aromatic N) is 3. The summed E-state index contributed by atoms with van der Waals surface area (Å²) in [5.74, 6) is 0. The molecule has 1 N–H and O–H groups in total. The number of rotatable bonds is 6. The summed E-state index contributed by atoms with van der Waals surface area (Å²) in [6.45, 7) is 0.877. The SMILES string of the molecule is c1ccc2c(c1)CC1SC(=Nc3ccc(CCNc4nc5ccccc5s4)cc3)N(C3CC3)[C@@H]21. The Bertz CT molecular complexity index is 1340. The molecule has 170 valence electrons. The minimum Gasteiger partial charge on any atom is -0.361 e. The van der Waals surface area contributed by atoms with Crippen molar-refractivity contribution in [3.8, 4) is 0 Å². The van der Waals surface area contributed by atoms with Gasteiger partial charge in [0, 0.05) is 17.8 Å². The third-order valence-corrected chi connectivity index (χ3v) is 9.24. The topological polar surface area (TPSA) is 40.5 Å². The molecule has 0 radical (unpaired) electrons. The Hall–Kier alpha value is -2.83. The van der Waals surface area contributed by atoms with Gasteiger partial charge in [-0.1, -0.05) is 71.6 Å². The first-order valence-electron chi connectivity index (χ1n) is 12.1. The van der Waals surface area contributed by atoms with Crippen LogP contribution in [-0.2, 0) is 12.8 Å². The molecule has 34 heavy (non-hydrogen) atoms. The smallest absolute Gasteiger partial charge is 0.183 e. The predicted molar refractivity (Wildman–Crippen MR) is 144 cm³/mol. The Kier molecular flexibility index (Phi) is 5.09. The fourth-order valence-corrected chi connectivity index (χ4v) is 7.59. The summed E-state index contributed by atoms with van der Waals surface area (Å²) in [4.78, 5) is 12.4.